The van der Waals surface area contributed by atoms with E-state index in [2.05, 4.69) is 0 Å². The summed E-state index contributed by atoms with van der Waals surface area (Å²) in [6, 6.07) is 0. The number of hydrogen-bond donors (Lipinski definition) is 2. The summed E-state index contributed by atoms with van der Waals surface area (Å²) in [4.78, 5) is 0. The zero-order valence-electron chi connectivity index (χ0n) is 7.88. The molecule has 0 aromatic heterocycles. The Hall–Kier alpha value is -0.160. The predicted octanol–water partition coefficient (Wildman–Crippen LogP) is -0.251. The topological polar surface area (TPSA) is 64.7 Å². The minimum Gasteiger partial charge on any atom is -0.396 e. The minimum absolute atomic E-state index is 0.146. The van der Waals surface area contributed by atoms with Crippen LogP contribution in [0.1, 0.15) is 13.3 Å². The third-order valence-corrected chi connectivity index (χ3v) is 1.63. The summed E-state index contributed by atoms with van der Waals surface area (Å²) in [6.45, 7) is 3.47. The maximum absolute atomic E-state index is 8.52. The van der Waals surface area contributed by atoms with Gasteiger partial charge < -0.3 is 20.3 Å². The molecule has 74 valence electrons. The third-order valence-electron chi connectivity index (χ3n) is 1.63. The van der Waals surface area contributed by atoms with Crippen LogP contribution in [0.15, 0.2) is 0 Å². The van der Waals surface area contributed by atoms with E-state index in [0.717, 1.165) is 0 Å². The predicted molar refractivity (Wildman–Crippen MR) is 47.0 cm³/mol. The molecule has 0 aromatic carbocycles. The first-order valence-corrected chi connectivity index (χ1v) is 4.12. The highest BCUT2D eigenvalue weighted by Crippen LogP contribution is 2.08. The van der Waals surface area contributed by atoms with Crippen LogP contribution in [0.25, 0.3) is 0 Å². The molecular formula is C8H19NO3. The molecule has 4 nitrogen and oxygen atoms in total. The summed E-state index contributed by atoms with van der Waals surface area (Å²) < 4.78 is 10.4. The molecule has 4 heteroatoms. The highest BCUT2D eigenvalue weighted by atomic mass is 16.5. The molecule has 0 saturated carbocycles. The lowest BCUT2D eigenvalue weighted by molar-refractivity contribution is -0.0735. The van der Waals surface area contributed by atoms with Gasteiger partial charge in [-0.3, -0.25) is 0 Å². The van der Waals surface area contributed by atoms with Crippen molar-refractivity contribution in [2.75, 3.05) is 33.5 Å². The van der Waals surface area contributed by atoms with Crippen molar-refractivity contribution in [1.82, 2.24) is 0 Å². The third kappa shape index (κ3) is 4.66. The second kappa shape index (κ2) is 6.37. The van der Waals surface area contributed by atoms with Gasteiger partial charge in [-0.05, 0) is 13.3 Å². The van der Waals surface area contributed by atoms with E-state index < -0.39 is 5.60 Å². The van der Waals surface area contributed by atoms with Gasteiger partial charge in [0, 0.05) is 26.9 Å². The van der Waals surface area contributed by atoms with Crippen LogP contribution in [0.3, 0.4) is 0 Å². The van der Waals surface area contributed by atoms with Crippen LogP contribution >= 0.6 is 0 Å². The first-order valence-electron chi connectivity index (χ1n) is 4.12. The van der Waals surface area contributed by atoms with Crippen LogP contribution in [0.5, 0.6) is 0 Å². The molecule has 0 bridgehead atoms. The standard InChI is InChI=1S/C8H19NO3/c1-8(6-9,7-11-2)12-5-3-4-10/h10H,3-7,9H2,1-2H3. The van der Waals surface area contributed by atoms with Gasteiger partial charge in [0.2, 0.25) is 0 Å². The lowest BCUT2D eigenvalue weighted by Crippen LogP contribution is -2.42. The van der Waals surface area contributed by atoms with Crippen LogP contribution in [0.4, 0.5) is 0 Å². The van der Waals surface area contributed by atoms with E-state index in [-0.39, 0.29) is 6.61 Å². The molecule has 0 aliphatic rings. The van der Waals surface area contributed by atoms with E-state index in [1.807, 2.05) is 6.92 Å². The number of aliphatic hydroxyl groups is 1. The molecule has 3 N–H and O–H groups in total. The molecule has 1 atom stereocenters. The van der Waals surface area contributed by atoms with Crippen molar-refractivity contribution < 1.29 is 14.6 Å². The van der Waals surface area contributed by atoms with Gasteiger partial charge in [0.05, 0.1) is 6.61 Å². The summed E-state index contributed by atoms with van der Waals surface area (Å²) in [7, 11) is 1.61. The number of ether oxygens (including phenoxy) is 2. The zero-order chi connectivity index (χ0) is 9.45. The normalized spacial score (nSPS) is 16.0. The van der Waals surface area contributed by atoms with Crippen molar-refractivity contribution in [3.8, 4) is 0 Å². The van der Waals surface area contributed by atoms with Crippen LogP contribution in [-0.2, 0) is 9.47 Å². The number of methoxy groups -OCH3 is 1. The number of rotatable bonds is 7. The molecule has 1 unspecified atom stereocenters. The molecule has 0 rings (SSSR count). The van der Waals surface area contributed by atoms with Gasteiger partial charge in [-0.15, -0.1) is 0 Å². The van der Waals surface area contributed by atoms with Gasteiger partial charge in [0.25, 0.3) is 0 Å². The van der Waals surface area contributed by atoms with Gasteiger partial charge in [-0.25, -0.2) is 0 Å². The molecule has 0 fully saturated rings. The number of hydrogen-bond acceptors (Lipinski definition) is 4. The lowest BCUT2D eigenvalue weighted by atomic mass is 10.1. The van der Waals surface area contributed by atoms with Crippen molar-refractivity contribution in [1.29, 1.82) is 0 Å². The van der Waals surface area contributed by atoms with Crippen LogP contribution in [0, 0.1) is 0 Å². The van der Waals surface area contributed by atoms with E-state index in [1.165, 1.54) is 0 Å². The Balaban J connectivity index is 3.63. The van der Waals surface area contributed by atoms with Crippen molar-refractivity contribution in [3.05, 3.63) is 0 Å². The second-order valence-electron chi connectivity index (χ2n) is 3.01. The fourth-order valence-corrected chi connectivity index (χ4v) is 0.848. The summed E-state index contributed by atoms with van der Waals surface area (Å²) in [5.41, 5.74) is 5.10. The van der Waals surface area contributed by atoms with Gasteiger partial charge in [-0.1, -0.05) is 0 Å². The molecule has 0 aromatic rings. The highest BCUT2D eigenvalue weighted by molar-refractivity contribution is 4.75. The average molecular weight is 177 g/mol. The lowest BCUT2D eigenvalue weighted by Gasteiger charge is -2.27. The summed E-state index contributed by atoms with van der Waals surface area (Å²) in [6.07, 6.45) is 0.638. The van der Waals surface area contributed by atoms with Crippen LogP contribution < -0.4 is 5.73 Å². The van der Waals surface area contributed by atoms with Crippen molar-refractivity contribution in [2.24, 2.45) is 5.73 Å². The van der Waals surface area contributed by atoms with E-state index in [0.29, 0.717) is 26.2 Å². The summed E-state index contributed by atoms with van der Waals surface area (Å²) in [5, 5.41) is 8.52. The van der Waals surface area contributed by atoms with E-state index in [9.17, 15) is 0 Å². The van der Waals surface area contributed by atoms with Gasteiger partial charge in [0.15, 0.2) is 0 Å². The van der Waals surface area contributed by atoms with Crippen LogP contribution in [0.2, 0.25) is 0 Å². The SMILES string of the molecule is COCC(C)(CN)OCCCO. The van der Waals surface area contributed by atoms with Crippen molar-refractivity contribution in [2.45, 2.75) is 18.9 Å². The zero-order valence-corrected chi connectivity index (χ0v) is 7.88. The van der Waals surface area contributed by atoms with Gasteiger partial charge in [0.1, 0.15) is 5.60 Å². The summed E-state index contributed by atoms with van der Waals surface area (Å²) >= 11 is 0. The Morgan fingerprint density at radius 2 is 2.17 bits per heavy atom. The Bertz CT molecular complexity index is 110. The van der Waals surface area contributed by atoms with E-state index >= 15 is 0 Å². The van der Waals surface area contributed by atoms with Crippen molar-refractivity contribution >= 4 is 0 Å². The van der Waals surface area contributed by atoms with Gasteiger partial charge in [-0.2, -0.15) is 0 Å². The number of aliphatic hydroxyl groups excluding tert-OH is 1. The molecule has 0 aliphatic carbocycles. The first-order chi connectivity index (χ1) is 5.68. The Labute approximate surface area is 73.7 Å². The molecule has 0 aliphatic heterocycles. The first kappa shape index (κ1) is 11.8. The maximum Gasteiger partial charge on any atom is 0.101 e. The van der Waals surface area contributed by atoms with E-state index in [1.54, 1.807) is 7.11 Å². The van der Waals surface area contributed by atoms with Gasteiger partial charge >= 0.3 is 0 Å². The smallest absolute Gasteiger partial charge is 0.101 e. The second-order valence-corrected chi connectivity index (χ2v) is 3.01. The van der Waals surface area contributed by atoms with Crippen LogP contribution in [-0.4, -0.2) is 44.2 Å². The molecule has 0 radical (unpaired) electrons. The molecular weight excluding hydrogens is 158 g/mol. The average Bonchev–Trinajstić information content (AvgIpc) is 2.06. The molecule has 0 amide bonds. The molecule has 0 spiro atoms. The molecule has 0 saturated heterocycles. The Kier molecular flexibility index (Phi) is 6.28. The molecule has 0 heterocycles. The fourth-order valence-electron chi connectivity index (χ4n) is 0.848. The maximum atomic E-state index is 8.52. The quantitative estimate of drug-likeness (QED) is 0.526. The monoisotopic (exact) mass is 177 g/mol. The largest absolute Gasteiger partial charge is 0.396 e. The molecule has 12 heavy (non-hydrogen) atoms. The fraction of sp³-hybridized carbons (Fsp3) is 1.00. The van der Waals surface area contributed by atoms with Crippen molar-refractivity contribution in [3.63, 3.8) is 0 Å². The Morgan fingerprint density at radius 3 is 2.58 bits per heavy atom. The number of nitrogens with two attached hydrogens (primary N) is 1. The van der Waals surface area contributed by atoms with E-state index in [4.69, 9.17) is 20.3 Å². The summed E-state index contributed by atoms with van der Waals surface area (Å²) in [5.74, 6) is 0. The minimum atomic E-state index is -0.413. The highest BCUT2D eigenvalue weighted by Gasteiger charge is 2.22. The Morgan fingerprint density at radius 1 is 1.50 bits per heavy atom.